The second kappa shape index (κ2) is 6.16. The molecular weight excluding hydrogens is 282 g/mol. The Morgan fingerprint density at radius 2 is 2.10 bits per heavy atom. The molecule has 1 heterocycles. The van der Waals surface area contributed by atoms with Gasteiger partial charge in [-0.1, -0.05) is 6.07 Å². The highest BCUT2D eigenvalue weighted by molar-refractivity contribution is 7.11. The van der Waals surface area contributed by atoms with E-state index in [1.165, 1.54) is 12.5 Å². The minimum atomic E-state index is -1.41. The van der Waals surface area contributed by atoms with Gasteiger partial charge in [0.05, 0.1) is 18.8 Å². The fraction of sp³-hybridized carbons (Fsp3) is 0.154. The van der Waals surface area contributed by atoms with Crippen LogP contribution in [0.4, 0.5) is 0 Å². The first-order valence-corrected chi connectivity index (χ1v) is 6.45. The summed E-state index contributed by atoms with van der Waals surface area (Å²) in [5, 5.41) is 11.9. The summed E-state index contributed by atoms with van der Waals surface area (Å²) in [5.74, 6) is -0.711. The zero-order chi connectivity index (χ0) is 14.5. The molecule has 20 heavy (non-hydrogen) atoms. The lowest BCUT2D eigenvalue weighted by molar-refractivity contribution is -0.255. The van der Waals surface area contributed by atoms with Crippen LogP contribution in [0.1, 0.15) is 20.3 Å². The zero-order valence-electron chi connectivity index (χ0n) is 10.5. The van der Waals surface area contributed by atoms with Gasteiger partial charge in [-0.15, -0.1) is 11.3 Å². The number of hydrogen-bond acceptors (Lipinski definition) is 7. The Balaban J connectivity index is 1.98. The molecule has 1 aromatic carbocycles. The Kier molecular flexibility index (Phi) is 4.31. The number of carbonyl (C=O) groups is 2. The Bertz CT molecular complexity index is 637. The van der Waals surface area contributed by atoms with E-state index < -0.39 is 11.8 Å². The number of carboxylic acid groups (broad SMARTS) is 1. The van der Waals surface area contributed by atoms with Gasteiger partial charge in [-0.3, -0.25) is 4.79 Å². The molecule has 0 saturated carbocycles. The van der Waals surface area contributed by atoms with Crippen LogP contribution in [0.25, 0.3) is 0 Å². The largest absolute Gasteiger partial charge is 0.543 e. The van der Waals surface area contributed by atoms with Gasteiger partial charge < -0.3 is 19.4 Å². The highest BCUT2D eigenvalue weighted by Gasteiger charge is 2.12. The molecule has 7 heteroatoms. The molecule has 2 aromatic rings. The van der Waals surface area contributed by atoms with Crippen molar-refractivity contribution in [1.82, 2.24) is 4.98 Å². The number of carboxylic acids is 1. The molecule has 0 aliphatic heterocycles. The van der Waals surface area contributed by atoms with Gasteiger partial charge in [0.1, 0.15) is 11.5 Å². The lowest BCUT2D eigenvalue weighted by Gasteiger charge is -2.06. The van der Waals surface area contributed by atoms with E-state index in [1.807, 2.05) is 0 Å². The summed E-state index contributed by atoms with van der Waals surface area (Å²) in [4.78, 5) is 26.0. The van der Waals surface area contributed by atoms with Crippen molar-refractivity contribution in [2.24, 2.45) is 0 Å². The molecule has 2 rings (SSSR count). The number of ether oxygens (including phenoxy) is 2. The van der Waals surface area contributed by atoms with Crippen molar-refractivity contribution < 1.29 is 24.2 Å². The predicted molar refractivity (Wildman–Crippen MR) is 69.3 cm³/mol. The average molecular weight is 292 g/mol. The molecular formula is C13H10NO5S-. The Morgan fingerprint density at radius 1 is 1.35 bits per heavy atom. The molecule has 0 amide bonds. The fourth-order valence-corrected chi connectivity index (χ4v) is 2.11. The van der Waals surface area contributed by atoms with Crippen molar-refractivity contribution in [3.05, 3.63) is 40.3 Å². The van der Waals surface area contributed by atoms with Crippen molar-refractivity contribution in [2.75, 3.05) is 13.7 Å². The molecule has 0 radical (unpaired) electrons. The lowest BCUT2D eigenvalue weighted by atomic mass is 10.3. The topological polar surface area (TPSA) is 88.6 Å². The minimum Gasteiger partial charge on any atom is -0.543 e. The SMILES string of the molecule is COc1cccc(OCC(=O)c2nc(C(=O)[O-])cs2)c1. The van der Waals surface area contributed by atoms with Crippen molar-refractivity contribution in [2.45, 2.75) is 0 Å². The van der Waals surface area contributed by atoms with Gasteiger partial charge >= 0.3 is 0 Å². The summed E-state index contributed by atoms with van der Waals surface area (Å²) in [6.07, 6.45) is 0. The molecule has 0 fully saturated rings. The summed E-state index contributed by atoms with van der Waals surface area (Å²) < 4.78 is 10.3. The fourth-order valence-electron chi connectivity index (χ4n) is 1.40. The third kappa shape index (κ3) is 3.33. The third-order valence-electron chi connectivity index (χ3n) is 2.36. The number of Topliss-reactive ketones (excluding diaryl/α,β-unsaturated/α-hetero) is 1. The number of benzene rings is 1. The van der Waals surface area contributed by atoms with Crippen LogP contribution in [0, 0.1) is 0 Å². The average Bonchev–Trinajstić information content (AvgIpc) is 2.95. The summed E-state index contributed by atoms with van der Waals surface area (Å²) in [6.45, 7) is -0.229. The molecule has 0 aliphatic rings. The number of thiazole rings is 1. The molecule has 1 aromatic heterocycles. The van der Waals surface area contributed by atoms with Gasteiger partial charge in [0.2, 0.25) is 5.78 Å². The number of nitrogens with zero attached hydrogens (tertiary/aromatic N) is 1. The summed E-state index contributed by atoms with van der Waals surface area (Å²) in [7, 11) is 1.53. The number of ketones is 1. The van der Waals surface area contributed by atoms with Crippen LogP contribution in [0.2, 0.25) is 0 Å². The van der Waals surface area contributed by atoms with Gasteiger partial charge in [0, 0.05) is 11.4 Å². The second-order valence-corrected chi connectivity index (χ2v) is 4.57. The Labute approximate surface area is 118 Å². The number of hydrogen-bond donors (Lipinski definition) is 0. The van der Waals surface area contributed by atoms with E-state index in [-0.39, 0.29) is 17.3 Å². The number of aromatic nitrogens is 1. The smallest absolute Gasteiger partial charge is 0.228 e. The van der Waals surface area contributed by atoms with Gasteiger partial charge in [-0.05, 0) is 12.1 Å². The molecule has 0 bridgehead atoms. The highest BCUT2D eigenvalue weighted by Crippen LogP contribution is 2.19. The van der Waals surface area contributed by atoms with E-state index >= 15 is 0 Å². The maximum atomic E-state index is 11.8. The molecule has 0 spiro atoms. The zero-order valence-corrected chi connectivity index (χ0v) is 11.3. The van der Waals surface area contributed by atoms with Crippen LogP contribution in [0.15, 0.2) is 29.6 Å². The van der Waals surface area contributed by atoms with Crippen LogP contribution in [0.5, 0.6) is 11.5 Å². The molecule has 0 saturated heterocycles. The molecule has 0 atom stereocenters. The first kappa shape index (κ1) is 14.0. The van der Waals surface area contributed by atoms with E-state index in [2.05, 4.69) is 4.98 Å². The monoisotopic (exact) mass is 292 g/mol. The van der Waals surface area contributed by atoms with Crippen molar-refractivity contribution in [1.29, 1.82) is 0 Å². The first-order valence-electron chi connectivity index (χ1n) is 5.57. The Morgan fingerprint density at radius 3 is 2.75 bits per heavy atom. The standard InChI is InChI=1S/C13H11NO5S/c1-18-8-3-2-4-9(5-8)19-6-11(15)12-14-10(7-20-12)13(16)17/h2-5,7H,6H2,1H3,(H,16,17)/p-1. The molecule has 0 unspecified atom stereocenters. The highest BCUT2D eigenvalue weighted by atomic mass is 32.1. The maximum absolute atomic E-state index is 11.8. The van der Waals surface area contributed by atoms with Crippen LogP contribution in [-0.4, -0.2) is 30.5 Å². The van der Waals surface area contributed by atoms with Crippen molar-refractivity contribution in [3.8, 4) is 11.5 Å². The maximum Gasteiger partial charge on any atom is 0.228 e. The van der Waals surface area contributed by atoms with Gasteiger partial charge in [0.25, 0.3) is 0 Å². The Hall–Kier alpha value is -2.41. The number of carbonyl (C=O) groups excluding carboxylic acids is 2. The quantitative estimate of drug-likeness (QED) is 0.731. The molecule has 104 valence electrons. The van der Waals surface area contributed by atoms with Gasteiger partial charge in [0.15, 0.2) is 11.6 Å². The van der Waals surface area contributed by atoms with Gasteiger partial charge in [-0.25, -0.2) is 4.98 Å². The number of methoxy groups -OCH3 is 1. The van der Waals surface area contributed by atoms with Crippen LogP contribution in [-0.2, 0) is 0 Å². The normalized spacial score (nSPS) is 10.1. The lowest BCUT2D eigenvalue weighted by Crippen LogP contribution is -2.23. The van der Waals surface area contributed by atoms with E-state index in [4.69, 9.17) is 9.47 Å². The summed E-state index contributed by atoms with van der Waals surface area (Å²) >= 11 is 0.943. The molecule has 6 nitrogen and oxygen atoms in total. The molecule has 0 aliphatic carbocycles. The van der Waals surface area contributed by atoms with E-state index in [0.717, 1.165) is 11.3 Å². The minimum absolute atomic E-state index is 0.0760. The van der Waals surface area contributed by atoms with Crippen molar-refractivity contribution >= 4 is 23.1 Å². The van der Waals surface area contributed by atoms with E-state index in [0.29, 0.717) is 11.5 Å². The molecule has 0 N–H and O–H groups in total. The predicted octanol–water partition coefficient (Wildman–Crippen LogP) is 0.777. The van der Waals surface area contributed by atoms with Crippen molar-refractivity contribution in [3.63, 3.8) is 0 Å². The van der Waals surface area contributed by atoms with E-state index in [1.54, 1.807) is 24.3 Å². The summed E-state index contributed by atoms with van der Waals surface area (Å²) in [6, 6.07) is 6.81. The number of rotatable bonds is 6. The first-order chi connectivity index (χ1) is 9.60. The number of aromatic carboxylic acids is 1. The van der Waals surface area contributed by atoms with E-state index in [9.17, 15) is 14.7 Å². The third-order valence-corrected chi connectivity index (χ3v) is 3.25. The van der Waals surface area contributed by atoms with Crippen LogP contribution in [0.3, 0.4) is 0 Å². The second-order valence-electron chi connectivity index (χ2n) is 3.72. The van der Waals surface area contributed by atoms with Crippen LogP contribution >= 0.6 is 11.3 Å². The van der Waals surface area contributed by atoms with Crippen LogP contribution < -0.4 is 14.6 Å². The van der Waals surface area contributed by atoms with Gasteiger partial charge in [-0.2, -0.15) is 0 Å². The summed E-state index contributed by atoms with van der Waals surface area (Å²) in [5.41, 5.74) is -0.250.